The Morgan fingerprint density at radius 1 is 1.29 bits per heavy atom. The quantitative estimate of drug-likeness (QED) is 0.805. The molecule has 0 atom stereocenters. The van der Waals surface area contributed by atoms with E-state index in [-0.39, 0.29) is 5.91 Å². The first-order chi connectivity index (χ1) is 11.5. The van der Waals surface area contributed by atoms with Crippen LogP contribution in [0.5, 0.6) is 5.75 Å². The lowest BCUT2D eigenvalue weighted by atomic mass is 10.2. The Hall–Kier alpha value is -2.31. The zero-order valence-corrected chi connectivity index (χ0v) is 14.7. The van der Waals surface area contributed by atoms with E-state index in [1.165, 1.54) is 0 Å². The van der Waals surface area contributed by atoms with Crippen LogP contribution in [-0.4, -0.2) is 50.1 Å². The molecule has 0 saturated carbocycles. The number of ether oxygens (including phenoxy) is 1. The molecule has 0 unspecified atom stereocenters. The van der Waals surface area contributed by atoms with Gasteiger partial charge in [-0.15, -0.1) is 0 Å². The number of amides is 1. The monoisotopic (exact) mass is 348 g/mol. The molecule has 1 aromatic carbocycles. The fourth-order valence-electron chi connectivity index (χ4n) is 1.99. The lowest BCUT2D eigenvalue weighted by Crippen LogP contribution is -2.21. The van der Waals surface area contributed by atoms with Gasteiger partial charge in [0.1, 0.15) is 11.6 Å². The minimum Gasteiger partial charge on any atom is -0.495 e. The summed E-state index contributed by atoms with van der Waals surface area (Å²) < 4.78 is 5.09. The zero-order valence-electron chi connectivity index (χ0n) is 14.0. The van der Waals surface area contributed by atoms with E-state index >= 15 is 0 Å². The van der Waals surface area contributed by atoms with Crippen molar-refractivity contribution in [3.8, 4) is 5.75 Å². The van der Waals surface area contributed by atoms with Crippen molar-refractivity contribution in [3.05, 3.63) is 47.1 Å². The van der Waals surface area contributed by atoms with Crippen LogP contribution in [0.25, 0.3) is 0 Å². The van der Waals surface area contributed by atoms with E-state index in [1.807, 2.05) is 14.1 Å². The Morgan fingerprint density at radius 2 is 2.08 bits per heavy atom. The van der Waals surface area contributed by atoms with E-state index in [9.17, 15) is 4.79 Å². The Morgan fingerprint density at radius 3 is 2.67 bits per heavy atom. The van der Waals surface area contributed by atoms with E-state index in [0.29, 0.717) is 22.0 Å². The van der Waals surface area contributed by atoms with Gasteiger partial charge in [0.05, 0.1) is 17.7 Å². The van der Waals surface area contributed by atoms with Crippen LogP contribution in [0.1, 0.15) is 10.4 Å². The number of likely N-dealkylation sites (N-methyl/N-ethyl adjacent to an activating group) is 1. The standard InChI is InChI=1S/C17H21ClN4O2/c1-22(2)9-8-19-16-7-4-12(11-20-16)17(23)21-13-5-6-15(24-3)14(18)10-13/h4-7,10-11H,8-9H2,1-3H3,(H,19,20)(H,21,23). The second kappa shape index (κ2) is 8.52. The summed E-state index contributed by atoms with van der Waals surface area (Å²) in [6, 6.07) is 8.58. The minimum absolute atomic E-state index is 0.247. The van der Waals surface area contributed by atoms with Crippen molar-refractivity contribution < 1.29 is 9.53 Å². The van der Waals surface area contributed by atoms with Gasteiger partial charge in [0.2, 0.25) is 0 Å². The van der Waals surface area contributed by atoms with Gasteiger partial charge in [0, 0.05) is 25.0 Å². The smallest absolute Gasteiger partial charge is 0.257 e. The molecule has 6 nitrogen and oxygen atoms in total. The highest BCUT2D eigenvalue weighted by Gasteiger charge is 2.09. The number of methoxy groups -OCH3 is 1. The van der Waals surface area contributed by atoms with Crippen molar-refractivity contribution in [2.45, 2.75) is 0 Å². The van der Waals surface area contributed by atoms with Crippen LogP contribution in [0, 0.1) is 0 Å². The van der Waals surface area contributed by atoms with Crippen LogP contribution in [0.2, 0.25) is 5.02 Å². The van der Waals surface area contributed by atoms with E-state index in [2.05, 4.69) is 20.5 Å². The van der Waals surface area contributed by atoms with E-state index in [4.69, 9.17) is 16.3 Å². The summed E-state index contributed by atoms with van der Waals surface area (Å²) in [5, 5.41) is 6.42. The second-order valence-corrected chi connectivity index (χ2v) is 5.87. The highest BCUT2D eigenvalue weighted by atomic mass is 35.5. The SMILES string of the molecule is COc1ccc(NC(=O)c2ccc(NCCN(C)C)nc2)cc1Cl. The number of anilines is 2. The van der Waals surface area contributed by atoms with Gasteiger partial charge in [0.15, 0.2) is 0 Å². The number of nitrogens with one attached hydrogen (secondary N) is 2. The maximum Gasteiger partial charge on any atom is 0.257 e. The first-order valence-corrected chi connectivity index (χ1v) is 7.87. The summed E-state index contributed by atoms with van der Waals surface area (Å²) in [6.45, 7) is 1.69. The maximum atomic E-state index is 12.2. The van der Waals surface area contributed by atoms with Crippen molar-refractivity contribution in [1.29, 1.82) is 0 Å². The molecule has 0 fully saturated rings. The molecule has 0 saturated heterocycles. The van der Waals surface area contributed by atoms with Crippen LogP contribution in [0.15, 0.2) is 36.5 Å². The molecule has 0 radical (unpaired) electrons. The van der Waals surface area contributed by atoms with Crippen molar-refractivity contribution in [1.82, 2.24) is 9.88 Å². The predicted molar refractivity (Wildman–Crippen MR) is 97.2 cm³/mol. The van der Waals surface area contributed by atoms with Gasteiger partial charge < -0.3 is 20.3 Å². The summed E-state index contributed by atoms with van der Waals surface area (Å²) >= 11 is 6.05. The van der Waals surface area contributed by atoms with Crippen LogP contribution in [0.4, 0.5) is 11.5 Å². The number of nitrogens with zero attached hydrogens (tertiary/aromatic N) is 2. The Bertz CT molecular complexity index is 689. The first-order valence-electron chi connectivity index (χ1n) is 7.49. The van der Waals surface area contributed by atoms with Crippen molar-refractivity contribution in [2.24, 2.45) is 0 Å². The number of halogens is 1. The first kappa shape index (κ1) is 18.0. The summed E-state index contributed by atoms with van der Waals surface area (Å²) in [4.78, 5) is 18.6. The van der Waals surface area contributed by atoms with Crippen molar-refractivity contribution in [3.63, 3.8) is 0 Å². The Balaban J connectivity index is 1.96. The van der Waals surface area contributed by atoms with Crippen LogP contribution < -0.4 is 15.4 Å². The number of hydrogen-bond acceptors (Lipinski definition) is 5. The Kier molecular flexibility index (Phi) is 6.40. The number of hydrogen-bond donors (Lipinski definition) is 2. The maximum absolute atomic E-state index is 12.2. The second-order valence-electron chi connectivity index (χ2n) is 5.47. The summed E-state index contributed by atoms with van der Waals surface area (Å²) in [7, 11) is 5.56. The molecule has 2 rings (SSSR count). The number of rotatable bonds is 7. The molecule has 24 heavy (non-hydrogen) atoms. The van der Waals surface area contributed by atoms with Gasteiger partial charge in [-0.1, -0.05) is 11.6 Å². The third kappa shape index (κ3) is 5.11. The predicted octanol–water partition coefficient (Wildman–Crippen LogP) is 2.97. The summed E-state index contributed by atoms with van der Waals surface area (Å²) in [6.07, 6.45) is 1.54. The minimum atomic E-state index is -0.247. The Labute approximate surface area is 146 Å². The summed E-state index contributed by atoms with van der Waals surface area (Å²) in [5.74, 6) is 1.05. The van der Waals surface area contributed by atoms with Crippen LogP contribution >= 0.6 is 11.6 Å². The number of aromatic nitrogens is 1. The molecule has 2 aromatic rings. The fraction of sp³-hybridized carbons (Fsp3) is 0.294. The van der Waals surface area contributed by atoms with E-state index in [1.54, 1.807) is 43.6 Å². The third-order valence-electron chi connectivity index (χ3n) is 3.30. The molecule has 1 aromatic heterocycles. The lowest BCUT2D eigenvalue weighted by molar-refractivity contribution is 0.102. The molecule has 0 aliphatic rings. The van der Waals surface area contributed by atoms with Gasteiger partial charge in [-0.05, 0) is 44.4 Å². The molecular formula is C17H21ClN4O2. The van der Waals surface area contributed by atoms with E-state index in [0.717, 1.165) is 18.9 Å². The molecule has 1 heterocycles. The molecule has 0 bridgehead atoms. The third-order valence-corrected chi connectivity index (χ3v) is 3.60. The molecule has 0 spiro atoms. The average molecular weight is 349 g/mol. The lowest BCUT2D eigenvalue weighted by Gasteiger charge is -2.11. The molecule has 1 amide bonds. The molecular weight excluding hydrogens is 328 g/mol. The molecule has 2 N–H and O–H groups in total. The summed E-state index contributed by atoms with van der Waals surface area (Å²) in [5.41, 5.74) is 1.07. The van der Waals surface area contributed by atoms with Gasteiger partial charge in [-0.25, -0.2) is 4.98 Å². The normalized spacial score (nSPS) is 10.5. The largest absolute Gasteiger partial charge is 0.495 e. The highest BCUT2D eigenvalue weighted by Crippen LogP contribution is 2.27. The number of pyridine rings is 1. The van der Waals surface area contributed by atoms with Crippen LogP contribution in [0.3, 0.4) is 0 Å². The molecule has 128 valence electrons. The van der Waals surface area contributed by atoms with Gasteiger partial charge in [-0.2, -0.15) is 0 Å². The molecule has 0 aliphatic carbocycles. The van der Waals surface area contributed by atoms with Crippen LogP contribution in [-0.2, 0) is 0 Å². The van der Waals surface area contributed by atoms with Gasteiger partial charge in [0.25, 0.3) is 5.91 Å². The van der Waals surface area contributed by atoms with E-state index < -0.39 is 0 Å². The zero-order chi connectivity index (χ0) is 17.5. The van der Waals surface area contributed by atoms with Crippen molar-refractivity contribution in [2.75, 3.05) is 44.9 Å². The number of carbonyl (C=O) groups excluding carboxylic acids is 1. The highest BCUT2D eigenvalue weighted by molar-refractivity contribution is 6.32. The fourth-order valence-corrected chi connectivity index (χ4v) is 2.25. The topological polar surface area (TPSA) is 66.5 Å². The van der Waals surface area contributed by atoms with Crippen molar-refractivity contribution >= 4 is 29.0 Å². The van der Waals surface area contributed by atoms with Gasteiger partial charge in [-0.3, -0.25) is 4.79 Å². The number of benzene rings is 1. The number of carbonyl (C=O) groups is 1. The average Bonchev–Trinajstić information content (AvgIpc) is 2.55. The molecule has 0 aliphatic heterocycles. The van der Waals surface area contributed by atoms with Gasteiger partial charge >= 0.3 is 0 Å². The molecule has 7 heteroatoms.